The Morgan fingerprint density at radius 3 is 2.30 bits per heavy atom. The van der Waals surface area contributed by atoms with Crippen molar-refractivity contribution in [3.8, 4) is 0 Å². The molecule has 0 radical (unpaired) electrons. The summed E-state index contributed by atoms with van der Waals surface area (Å²) in [4.78, 5) is 25.5. The summed E-state index contributed by atoms with van der Waals surface area (Å²) in [6, 6.07) is 12.6. The van der Waals surface area contributed by atoms with Gasteiger partial charge in [0.05, 0.1) is 10.5 Å². The molecule has 0 saturated carbocycles. The van der Waals surface area contributed by atoms with Crippen molar-refractivity contribution in [3.05, 3.63) is 65.7 Å². The molecule has 2 aromatic rings. The van der Waals surface area contributed by atoms with Gasteiger partial charge in [-0.25, -0.2) is 13.2 Å². The van der Waals surface area contributed by atoms with Gasteiger partial charge in [0.1, 0.15) is 6.04 Å². The van der Waals surface area contributed by atoms with Crippen molar-refractivity contribution in [1.82, 2.24) is 9.62 Å². The number of carboxylic acids is 1. The van der Waals surface area contributed by atoms with Crippen LogP contribution in [0.1, 0.15) is 34.8 Å². The van der Waals surface area contributed by atoms with E-state index < -0.39 is 22.0 Å². The Morgan fingerprint density at radius 1 is 1.00 bits per heavy atom. The zero-order valence-electron chi connectivity index (χ0n) is 14.5. The monoisotopic (exact) mass is 388 g/mol. The van der Waals surface area contributed by atoms with Crippen LogP contribution in [-0.4, -0.2) is 43.4 Å². The summed E-state index contributed by atoms with van der Waals surface area (Å²) in [5, 5.41) is 9.09. The van der Waals surface area contributed by atoms with Crippen molar-refractivity contribution in [2.24, 2.45) is 0 Å². The zero-order valence-corrected chi connectivity index (χ0v) is 15.4. The minimum Gasteiger partial charge on any atom is -0.478 e. The summed E-state index contributed by atoms with van der Waals surface area (Å²) in [6.45, 7) is 1.19. The summed E-state index contributed by atoms with van der Waals surface area (Å²) in [7, 11) is -4.10. The van der Waals surface area contributed by atoms with Crippen molar-refractivity contribution in [3.63, 3.8) is 0 Å². The zero-order chi connectivity index (χ0) is 19.4. The van der Waals surface area contributed by atoms with Crippen LogP contribution < -0.4 is 4.72 Å². The van der Waals surface area contributed by atoms with Gasteiger partial charge in [-0.15, -0.1) is 0 Å². The van der Waals surface area contributed by atoms with Gasteiger partial charge >= 0.3 is 5.97 Å². The lowest BCUT2D eigenvalue weighted by molar-refractivity contribution is -0.132. The minimum absolute atomic E-state index is 0.139. The first kappa shape index (κ1) is 19.1. The third-order valence-corrected chi connectivity index (χ3v) is 5.88. The van der Waals surface area contributed by atoms with Gasteiger partial charge in [-0.2, -0.15) is 4.72 Å². The van der Waals surface area contributed by atoms with Crippen LogP contribution in [0.2, 0.25) is 0 Å². The number of sulfonamides is 1. The van der Waals surface area contributed by atoms with Gasteiger partial charge in [0.2, 0.25) is 15.9 Å². The molecular formula is C19H20N2O5S. The van der Waals surface area contributed by atoms with Crippen molar-refractivity contribution < 1.29 is 23.1 Å². The fourth-order valence-corrected chi connectivity index (χ4v) is 4.27. The maximum absolute atomic E-state index is 12.9. The number of rotatable bonds is 6. The molecular weight excluding hydrogens is 368 g/mol. The van der Waals surface area contributed by atoms with E-state index in [9.17, 15) is 18.0 Å². The maximum atomic E-state index is 12.9. The molecule has 7 nitrogen and oxygen atoms in total. The van der Waals surface area contributed by atoms with Gasteiger partial charge in [0, 0.05) is 13.1 Å². The van der Waals surface area contributed by atoms with E-state index in [1.807, 2.05) is 0 Å². The van der Waals surface area contributed by atoms with Crippen LogP contribution in [0.3, 0.4) is 0 Å². The molecule has 8 heteroatoms. The highest BCUT2D eigenvalue weighted by Gasteiger charge is 2.32. The largest absolute Gasteiger partial charge is 0.478 e. The van der Waals surface area contributed by atoms with Crippen LogP contribution in [-0.2, 0) is 14.8 Å². The second-order valence-electron chi connectivity index (χ2n) is 6.33. The van der Waals surface area contributed by atoms with Crippen LogP contribution in [0.4, 0.5) is 0 Å². The van der Waals surface area contributed by atoms with E-state index in [0.29, 0.717) is 18.7 Å². The van der Waals surface area contributed by atoms with Gasteiger partial charge in [0.25, 0.3) is 0 Å². The predicted octanol–water partition coefficient (Wildman–Crippen LogP) is 2.03. The van der Waals surface area contributed by atoms with Gasteiger partial charge in [-0.1, -0.05) is 36.4 Å². The molecule has 0 spiro atoms. The molecule has 1 saturated heterocycles. The summed E-state index contributed by atoms with van der Waals surface area (Å²) in [5.41, 5.74) is 0.396. The lowest BCUT2D eigenvalue weighted by Crippen LogP contribution is -2.41. The standard InChI is InChI=1S/C19H20N2O5S/c22-18(21-11-4-5-12-21)17(14-7-2-1-3-8-14)20-27(25,26)16-10-6-9-15(13-16)19(23)24/h1-3,6-10,13,17,20H,4-5,11-12H2,(H,23,24). The van der Waals surface area contributed by atoms with E-state index >= 15 is 0 Å². The van der Waals surface area contributed by atoms with Crippen LogP contribution in [0.15, 0.2) is 59.5 Å². The topological polar surface area (TPSA) is 104 Å². The molecule has 0 aliphatic carbocycles. The number of likely N-dealkylation sites (tertiary alicyclic amines) is 1. The number of aromatic carboxylic acids is 1. The number of carbonyl (C=O) groups excluding carboxylic acids is 1. The molecule has 142 valence electrons. The van der Waals surface area contributed by atoms with Crippen LogP contribution in [0, 0.1) is 0 Å². The SMILES string of the molecule is O=C(O)c1cccc(S(=O)(=O)NC(C(=O)N2CCCC2)c2ccccc2)c1. The molecule has 2 aromatic carbocycles. The minimum atomic E-state index is -4.10. The Bertz CT molecular complexity index is 938. The van der Waals surface area contributed by atoms with Gasteiger partial charge < -0.3 is 10.0 Å². The fraction of sp³-hybridized carbons (Fsp3) is 0.263. The smallest absolute Gasteiger partial charge is 0.335 e. The number of nitrogens with zero attached hydrogens (tertiary/aromatic N) is 1. The second kappa shape index (κ2) is 7.89. The van der Waals surface area contributed by atoms with Crippen molar-refractivity contribution in [2.45, 2.75) is 23.8 Å². The number of nitrogens with one attached hydrogen (secondary N) is 1. The Morgan fingerprint density at radius 2 is 1.67 bits per heavy atom. The molecule has 1 heterocycles. The first-order chi connectivity index (χ1) is 12.9. The van der Waals surface area contributed by atoms with Crippen LogP contribution in [0.5, 0.6) is 0 Å². The predicted molar refractivity (Wildman–Crippen MR) is 98.7 cm³/mol. The Labute approximate surface area is 157 Å². The number of amides is 1. The van der Waals surface area contributed by atoms with E-state index in [1.54, 1.807) is 35.2 Å². The summed E-state index contributed by atoms with van der Waals surface area (Å²) in [5.74, 6) is -1.53. The first-order valence-corrected chi connectivity index (χ1v) is 10.1. The lowest BCUT2D eigenvalue weighted by Gasteiger charge is -2.24. The summed E-state index contributed by atoms with van der Waals surface area (Å²) < 4.78 is 28.1. The second-order valence-corrected chi connectivity index (χ2v) is 8.04. The maximum Gasteiger partial charge on any atom is 0.335 e. The van der Waals surface area contributed by atoms with Crippen LogP contribution >= 0.6 is 0 Å². The molecule has 1 aliphatic heterocycles. The Hall–Kier alpha value is -2.71. The van der Waals surface area contributed by atoms with Crippen molar-refractivity contribution in [1.29, 1.82) is 0 Å². The van der Waals surface area contributed by atoms with Gasteiger partial charge in [0.15, 0.2) is 0 Å². The molecule has 0 bridgehead atoms. The molecule has 0 aromatic heterocycles. The molecule has 1 aliphatic rings. The molecule has 2 N–H and O–H groups in total. The quantitative estimate of drug-likeness (QED) is 0.788. The van der Waals surface area contributed by atoms with Gasteiger partial charge in [-0.3, -0.25) is 4.79 Å². The third kappa shape index (κ3) is 4.35. The number of carboxylic acid groups (broad SMARTS) is 1. The Kier molecular flexibility index (Phi) is 5.57. The summed E-state index contributed by atoms with van der Waals surface area (Å²) >= 11 is 0. The summed E-state index contributed by atoms with van der Waals surface area (Å²) in [6.07, 6.45) is 1.78. The van der Waals surface area contributed by atoms with E-state index in [-0.39, 0.29) is 16.4 Å². The number of benzene rings is 2. The van der Waals surface area contributed by atoms with Crippen LogP contribution in [0.25, 0.3) is 0 Å². The highest BCUT2D eigenvalue weighted by atomic mass is 32.2. The molecule has 1 fully saturated rings. The number of carbonyl (C=O) groups is 2. The number of hydrogen-bond donors (Lipinski definition) is 2. The van der Waals surface area contributed by atoms with E-state index in [1.165, 1.54) is 18.2 Å². The fourth-order valence-electron chi connectivity index (χ4n) is 3.05. The van der Waals surface area contributed by atoms with E-state index in [0.717, 1.165) is 18.9 Å². The highest BCUT2D eigenvalue weighted by Crippen LogP contribution is 2.22. The van der Waals surface area contributed by atoms with Crippen molar-refractivity contribution >= 4 is 21.9 Å². The van der Waals surface area contributed by atoms with Gasteiger partial charge in [-0.05, 0) is 36.6 Å². The highest BCUT2D eigenvalue weighted by molar-refractivity contribution is 7.89. The third-order valence-electron chi connectivity index (χ3n) is 4.46. The normalized spacial score (nSPS) is 15.5. The molecule has 1 unspecified atom stereocenters. The first-order valence-electron chi connectivity index (χ1n) is 8.58. The van der Waals surface area contributed by atoms with E-state index in [2.05, 4.69) is 4.72 Å². The lowest BCUT2D eigenvalue weighted by atomic mass is 10.1. The molecule has 1 atom stereocenters. The van der Waals surface area contributed by atoms with Crippen molar-refractivity contribution in [2.75, 3.05) is 13.1 Å². The number of hydrogen-bond acceptors (Lipinski definition) is 4. The van der Waals surface area contributed by atoms with E-state index in [4.69, 9.17) is 5.11 Å². The average Bonchev–Trinajstić information content (AvgIpc) is 3.21. The molecule has 1 amide bonds. The molecule has 27 heavy (non-hydrogen) atoms. The average molecular weight is 388 g/mol. The molecule has 3 rings (SSSR count). The Balaban J connectivity index is 1.94.